The van der Waals surface area contributed by atoms with Gasteiger partial charge in [0.15, 0.2) is 5.65 Å². The minimum Gasteiger partial charge on any atom is -0.378 e. The number of nitrogens with two attached hydrogens (primary N) is 1. The number of fused-ring (bicyclic) bond motifs is 1. The van der Waals surface area contributed by atoms with Crippen LogP contribution < -0.4 is 16.4 Å². The van der Waals surface area contributed by atoms with E-state index < -0.39 is 12.2 Å². The van der Waals surface area contributed by atoms with Gasteiger partial charge < -0.3 is 21.1 Å². The summed E-state index contributed by atoms with van der Waals surface area (Å²) in [5.74, 6) is 0.253. The molecule has 2 aromatic heterocycles. The molecule has 1 aliphatic carbocycles. The topological polar surface area (TPSA) is 144 Å². The first kappa shape index (κ1) is 25.4. The molecule has 0 spiro atoms. The predicted octanol–water partition coefficient (Wildman–Crippen LogP) is 4.50. The van der Waals surface area contributed by atoms with E-state index in [9.17, 15) is 14.4 Å². The van der Waals surface area contributed by atoms with Crippen molar-refractivity contribution in [2.75, 3.05) is 23.8 Å². The summed E-state index contributed by atoms with van der Waals surface area (Å²) in [6, 6.07) is 4.56. The van der Waals surface area contributed by atoms with Gasteiger partial charge in [-0.3, -0.25) is 9.36 Å². The van der Waals surface area contributed by atoms with E-state index in [1.165, 1.54) is 12.1 Å². The number of ether oxygens (including phenoxy) is 1. The fourth-order valence-corrected chi connectivity index (χ4v) is 5.50. The molecular weight excluding hydrogens is 522 g/mol. The summed E-state index contributed by atoms with van der Waals surface area (Å²) in [5, 5.41) is 16.0. The van der Waals surface area contributed by atoms with Gasteiger partial charge in [-0.1, -0.05) is 23.2 Å². The van der Waals surface area contributed by atoms with Crippen LogP contribution >= 0.6 is 23.2 Å². The molecular formula is C24H25Cl2FN8O2. The Hall–Kier alpha value is -3.20. The molecule has 1 aromatic carbocycles. The molecule has 1 saturated heterocycles. The van der Waals surface area contributed by atoms with Crippen LogP contribution in [0.5, 0.6) is 0 Å². The molecule has 10 nitrogen and oxygen atoms in total. The van der Waals surface area contributed by atoms with Gasteiger partial charge in [-0.05, 0) is 44.2 Å². The van der Waals surface area contributed by atoms with Crippen molar-refractivity contribution in [1.82, 2.24) is 19.5 Å². The number of hydrogen-bond acceptors (Lipinski definition) is 8. The van der Waals surface area contributed by atoms with E-state index in [0.717, 1.165) is 0 Å². The van der Waals surface area contributed by atoms with Crippen LogP contribution in [0.2, 0.25) is 10.0 Å². The molecule has 4 N–H and O–H groups in total. The van der Waals surface area contributed by atoms with E-state index in [0.29, 0.717) is 67.1 Å². The van der Waals surface area contributed by atoms with Crippen molar-refractivity contribution in [2.24, 2.45) is 11.7 Å². The van der Waals surface area contributed by atoms with Gasteiger partial charge in [-0.2, -0.15) is 10.2 Å². The maximum atomic E-state index is 14.3. The van der Waals surface area contributed by atoms with Gasteiger partial charge in [-0.25, -0.2) is 14.4 Å². The number of nitrogens with zero attached hydrogens (tertiary/aromatic N) is 5. The third-order valence-electron chi connectivity index (χ3n) is 6.91. The van der Waals surface area contributed by atoms with Crippen LogP contribution in [0.25, 0.3) is 11.2 Å². The fraction of sp³-hybridized carbons (Fsp3) is 0.458. The number of aromatic nitrogens is 4. The zero-order valence-electron chi connectivity index (χ0n) is 19.8. The molecule has 0 unspecified atom stereocenters. The zero-order valence-corrected chi connectivity index (χ0v) is 21.3. The fourth-order valence-electron chi connectivity index (χ4n) is 4.91. The van der Waals surface area contributed by atoms with Crippen molar-refractivity contribution >= 4 is 57.9 Å². The number of primary amides is 1. The highest BCUT2D eigenvalue weighted by molar-refractivity contribution is 6.39. The van der Waals surface area contributed by atoms with Crippen molar-refractivity contribution in [3.8, 4) is 6.07 Å². The van der Waals surface area contributed by atoms with Gasteiger partial charge in [0, 0.05) is 18.6 Å². The Balaban J connectivity index is 1.53. The first-order valence-electron chi connectivity index (χ1n) is 12.0. The lowest BCUT2D eigenvalue weighted by molar-refractivity contribution is -0.122. The zero-order chi connectivity index (χ0) is 26.1. The van der Waals surface area contributed by atoms with E-state index in [1.54, 1.807) is 6.20 Å². The van der Waals surface area contributed by atoms with E-state index >= 15 is 0 Å². The van der Waals surface area contributed by atoms with Gasteiger partial charge in [0.05, 0.1) is 46.2 Å². The average Bonchev–Trinajstić information content (AvgIpc) is 3.24. The Morgan fingerprint density at radius 1 is 1.19 bits per heavy atom. The van der Waals surface area contributed by atoms with E-state index in [2.05, 4.69) is 15.6 Å². The number of imidazole rings is 1. The Labute approximate surface area is 222 Å². The second kappa shape index (κ2) is 10.7. The SMILES string of the molecule is N#Cc1cc(Cl)c(Nc2nc3cnc(N[C@H]4CCOC[C@H]4F)nc3n2[C@H]2CC[C@@H](C(N)=O)CC2)c(Cl)c1. The molecule has 0 radical (unpaired) electrons. The van der Waals surface area contributed by atoms with Crippen LogP contribution in [0, 0.1) is 17.2 Å². The van der Waals surface area contributed by atoms with Crippen molar-refractivity contribution in [1.29, 1.82) is 5.26 Å². The van der Waals surface area contributed by atoms with E-state index in [1.807, 2.05) is 10.6 Å². The molecule has 2 aliphatic rings. The summed E-state index contributed by atoms with van der Waals surface area (Å²) in [5.41, 5.74) is 7.34. The molecule has 1 aliphatic heterocycles. The Morgan fingerprint density at radius 2 is 1.92 bits per heavy atom. The summed E-state index contributed by atoms with van der Waals surface area (Å²) in [6.07, 6.45) is 3.56. The first-order valence-corrected chi connectivity index (χ1v) is 12.8. The predicted molar refractivity (Wildman–Crippen MR) is 138 cm³/mol. The molecule has 3 aromatic rings. The highest BCUT2D eigenvalue weighted by Crippen LogP contribution is 2.39. The quantitative estimate of drug-likeness (QED) is 0.409. The standard InChI is InChI=1S/C24H25Cl2FN8O2/c25-15-7-12(9-28)8-16(26)20(15)33-24-32-19-10-30-23(31-18-5-6-37-11-17(18)27)34-22(19)35(24)14-3-1-13(2-4-14)21(29)36/h7-8,10,13-14,17-18H,1-6,11H2,(H2,29,36)(H,32,33)(H,30,31,34)/t13-,14+,17-,18+/m1/s1. The second-order valence-corrected chi connectivity index (χ2v) is 10.1. The molecule has 13 heteroatoms. The van der Waals surface area contributed by atoms with Crippen LogP contribution in [0.4, 0.5) is 22.0 Å². The minimum atomic E-state index is -1.17. The van der Waals surface area contributed by atoms with Crippen LogP contribution in [-0.4, -0.2) is 50.9 Å². The molecule has 37 heavy (non-hydrogen) atoms. The smallest absolute Gasteiger partial charge is 0.225 e. The molecule has 5 rings (SSSR count). The molecule has 2 fully saturated rings. The van der Waals surface area contributed by atoms with Gasteiger partial charge in [-0.15, -0.1) is 0 Å². The van der Waals surface area contributed by atoms with E-state index in [4.69, 9.17) is 43.6 Å². The van der Waals surface area contributed by atoms with Crippen molar-refractivity contribution in [2.45, 2.75) is 50.4 Å². The number of amides is 1. The van der Waals surface area contributed by atoms with Crippen LogP contribution in [-0.2, 0) is 9.53 Å². The van der Waals surface area contributed by atoms with Gasteiger partial charge in [0.2, 0.25) is 17.8 Å². The maximum Gasteiger partial charge on any atom is 0.225 e. The summed E-state index contributed by atoms with van der Waals surface area (Å²) >= 11 is 12.9. The minimum absolute atomic E-state index is 0.0289. The van der Waals surface area contributed by atoms with Gasteiger partial charge in [0.1, 0.15) is 11.7 Å². The highest BCUT2D eigenvalue weighted by Gasteiger charge is 2.30. The molecule has 1 amide bonds. The molecule has 3 heterocycles. The lowest BCUT2D eigenvalue weighted by atomic mass is 9.85. The van der Waals surface area contributed by atoms with Gasteiger partial charge >= 0.3 is 0 Å². The molecule has 2 atom stereocenters. The Morgan fingerprint density at radius 3 is 2.57 bits per heavy atom. The van der Waals surface area contributed by atoms with E-state index in [-0.39, 0.29) is 40.5 Å². The Bertz CT molecular complexity index is 1350. The third kappa shape index (κ3) is 5.28. The number of nitriles is 1. The Kier molecular flexibility index (Phi) is 7.33. The number of benzene rings is 1. The molecule has 194 valence electrons. The number of alkyl halides is 1. The number of hydrogen-bond donors (Lipinski definition) is 3. The van der Waals surface area contributed by atoms with Gasteiger partial charge in [0.25, 0.3) is 0 Å². The monoisotopic (exact) mass is 546 g/mol. The van der Waals surface area contributed by atoms with Crippen molar-refractivity contribution < 1.29 is 13.9 Å². The summed E-state index contributed by atoms with van der Waals surface area (Å²) in [7, 11) is 0. The third-order valence-corrected chi connectivity index (χ3v) is 7.50. The summed E-state index contributed by atoms with van der Waals surface area (Å²) in [4.78, 5) is 25.5. The number of rotatable bonds is 6. The van der Waals surface area contributed by atoms with Crippen LogP contribution in [0.1, 0.15) is 43.7 Å². The summed E-state index contributed by atoms with van der Waals surface area (Å²) < 4.78 is 21.5. The number of anilines is 3. The van der Waals surface area contributed by atoms with Crippen LogP contribution in [0.3, 0.4) is 0 Å². The number of carbonyl (C=O) groups excluding carboxylic acids is 1. The van der Waals surface area contributed by atoms with Crippen molar-refractivity contribution in [3.63, 3.8) is 0 Å². The number of halogens is 3. The number of carbonyl (C=O) groups is 1. The lowest BCUT2D eigenvalue weighted by Gasteiger charge is -2.29. The lowest BCUT2D eigenvalue weighted by Crippen LogP contribution is -2.39. The highest BCUT2D eigenvalue weighted by atomic mass is 35.5. The average molecular weight is 547 g/mol. The first-order chi connectivity index (χ1) is 17.8. The van der Waals surface area contributed by atoms with Crippen molar-refractivity contribution in [3.05, 3.63) is 33.9 Å². The summed E-state index contributed by atoms with van der Waals surface area (Å²) in [6.45, 7) is 0.489. The van der Waals surface area contributed by atoms with Crippen LogP contribution in [0.15, 0.2) is 18.3 Å². The normalized spacial score (nSPS) is 23.9. The molecule has 0 bridgehead atoms. The second-order valence-electron chi connectivity index (χ2n) is 9.30. The maximum absolute atomic E-state index is 14.3. The molecule has 1 saturated carbocycles. The number of nitrogens with one attached hydrogen (secondary N) is 2. The largest absolute Gasteiger partial charge is 0.378 e.